The van der Waals surface area contributed by atoms with Crippen molar-refractivity contribution in [3.05, 3.63) is 35.9 Å². The molecule has 0 aromatic heterocycles. The highest BCUT2D eigenvalue weighted by Crippen LogP contribution is 2.22. The Morgan fingerprint density at radius 2 is 1.93 bits per heavy atom. The summed E-state index contributed by atoms with van der Waals surface area (Å²) in [5.41, 5.74) is 0.889. The Labute approximate surface area is 162 Å². The Hall–Kier alpha value is -2.08. The van der Waals surface area contributed by atoms with Crippen molar-refractivity contribution in [2.75, 3.05) is 19.6 Å². The van der Waals surface area contributed by atoms with Crippen molar-refractivity contribution in [2.45, 2.75) is 64.7 Å². The van der Waals surface area contributed by atoms with Crippen molar-refractivity contribution >= 4 is 12.0 Å². The fourth-order valence-corrected chi connectivity index (χ4v) is 3.42. The largest absolute Gasteiger partial charge is 0.445 e. The van der Waals surface area contributed by atoms with Gasteiger partial charge in [-0.1, -0.05) is 56.5 Å². The second-order valence-electron chi connectivity index (χ2n) is 7.01. The summed E-state index contributed by atoms with van der Waals surface area (Å²) < 4.78 is 5.37. The average Bonchev–Trinajstić information content (AvgIpc) is 3.08. The number of likely N-dealkylation sites (N-methyl/N-ethyl adjacent to an activating group) is 1. The molecule has 0 radical (unpaired) electrons. The van der Waals surface area contributed by atoms with E-state index in [1.807, 2.05) is 37.3 Å². The predicted octanol–water partition coefficient (Wildman–Crippen LogP) is 3.19. The van der Waals surface area contributed by atoms with Gasteiger partial charge in [0.05, 0.1) is 6.10 Å². The van der Waals surface area contributed by atoms with Crippen LogP contribution in [0.1, 0.15) is 51.5 Å². The Balaban J connectivity index is 1.95. The molecule has 6 nitrogen and oxygen atoms in total. The molecule has 0 saturated carbocycles. The van der Waals surface area contributed by atoms with Crippen molar-refractivity contribution in [3.8, 4) is 0 Å². The Morgan fingerprint density at radius 3 is 2.59 bits per heavy atom. The first-order chi connectivity index (χ1) is 13.1. The third-order valence-corrected chi connectivity index (χ3v) is 5.03. The van der Waals surface area contributed by atoms with Crippen molar-refractivity contribution in [1.29, 1.82) is 0 Å². The number of hydrogen-bond donors (Lipinski definition) is 1. The number of ether oxygens (including phenoxy) is 1. The van der Waals surface area contributed by atoms with Crippen LogP contribution in [-0.2, 0) is 16.1 Å². The predicted molar refractivity (Wildman–Crippen MR) is 104 cm³/mol. The Bertz CT molecular complexity index is 593. The first-order valence-corrected chi connectivity index (χ1v) is 10.0. The highest BCUT2D eigenvalue weighted by atomic mass is 16.6. The number of carbonyl (C=O) groups excluding carboxylic acids is 2. The number of unbranched alkanes of at least 4 members (excludes halogenated alkanes) is 3. The molecule has 1 aliphatic heterocycles. The number of aliphatic hydroxyl groups is 1. The van der Waals surface area contributed by atoms with Gasteiger partial charge in [-0.25, -0.2) is 4.79 Å². The maximum Gasteiger partial charge on any atom is 0.410 e. The molecule has 2 atom stereocenters. The van der Waals surface area contributed by atoms with Crippen molar-refractivity contribution in [3.63, 3.8) is 0 Å². The lowest BCUT2D eigenvalue weighted by Gasteiger charge is -2.30. The van der Waals surface area contributed by atoms with E-state index in [0.29, 0.717) is 26.1 Å². The first-order valence-electron chi connectivity index (χ1n) is 10.0. The summed E-state index contributed by atoms with van der Waals surface area (Å²) >= 11 is 0. The summed E-state index contributed by atoms with van der Waals surface area (Å²) in [6.07, 6.45) is 3.32. The number of amides is 2. The molecular formula is C21H32N2O4. The van der Waals surface area contributed by atoms with Crippen LogP contribution in [0.2, 0.25) is 0 Å². The van der Waals surface area contributed by atoms with E-state index < -0.39 is 18.2 Å². The molecule has 0 spiro atoms. The first kappa shape index (κ1) is 21.2. The van der Waals surface area contributed by atoms with Gasteiger partial charge in [0.1, 0.15) is 12.6 Å². The van der Waals surface area contributed by atoms with Crippen LogP contribution in [-0.4, -0.2) is 58.7 Å². The molecule has 1 unspecified atom stereocenters. The van der Waals surface area contributed by atoms with Gasteiger partial charge in [0, 0.05) is 19.6 Å². The minimum absolute atomic E-state index is 0.154. The molecule has 1 N–H and O–H groups in total. The molecule has 0 aliphatic carbocycles. The van der Waals surface area contributed by atoms with E-state index in [9.17, 15) is 14.7 Å². The van der Waals surface area contributed by atoms with E-state index >= 15 is 0 Å². The fraction of sp³-hybridized carbons (Fsp3) is 0.619. The number of carbonyl (C=O) groups is 2. The van der Waals surface area contributed by atoms with E-state index in [1.165, 1.54) is 4.90 Å². The minimum atomic E-state index is -0.848. The number of rotatable bonds is 9. The van der Waals surface area contributed by atoms with E-state index in [4.69, 9.17) is 4.74 Å². The number of hydrogen-bond acceptors (Lipinski definition) is 4. The summed E-state index contributed by atoms with van der Waals surface area (Å²) in [4.78, 5) is 28.6. The molecule has 1 aromatic carbocycles. The van der Waals surface area contributed by atoms with Crippen LogP contribution in [0.4, 0.5) is 4.79 Å². The highest BCUT2D eigenvalue weighted by molar-refractivity contribution is 5.87. The lowest BCUT2D eigenvalue weighted by Crippen LogP contribution is -2.51. The molecule has 6 heteroatoms. The van der Waals surface area contributed by atoms with E-state index in [-0.39, 0.29) is 12.5 Å². The van der Waals surface area contributed by atoms with Crippen LogP contribution in [0.3, 0.4) is 0 Å². The number of likely N-dealkylation sites (tertiary alicyclic amines) is 1. The smallest absolute Gasteiger partial charge is 0.410 e. The molecule has 1 aliphatic rings. The zero-order valence-corrected chi connectivity index (χ0v) is 16.5. The zero-order chi connectivity index (χ0) is 19.6. The molecule has 2 rings (SSSR count). The zero-order valence-electron chi connectivity index (χ0n) is 16.5. The van der Waals surface area contributed by atoms with Gasteiger partial charge in [0.25, 0.3) is 0 Å². The SMILES string of the molecule is CCCCCCN(CC)C(=O)[C@@H]1C(O)CCN1C(=O)OCc1ccccc1. The van der Waals surface area contributed by atoms with Gasteiger partial charge in [-0.3, -0.25) is 9.69 Å². The fourth-order valence-electron chi connectivity index (χ4n) is 3.42. The van der Waals surface area contributed by atoms with Gasteiger partial charge in [-0.15, -0.1) is 0 Å². The van der Waals surface area contributed by atoms with E-state index in [1.54, 1.807) is 4.90 Å². The summed E-state index contributed by atoms with van der Waals surface area (Å²) in [7, 11) is 0. The van der Waals surface area contributed by atoms with Crippen molar-refractivity contribution < 1.29 is 19.4 Å². The quantitative estimate of drug-likeness (QED) is 0.672. The molecule has 1 fully saturated rings. The standard InChI is InChI=1S/C21H32N2O4/c1-3-5-6-10-14-22(4-2)20(25)19-18(24)13-15-23(19)21(26)27-16-17-11-8-7-9-12-17/h7-9,11-12,18-19,24H,3-6,10,13-16H2,1-2H3/t18?,19-/m0/s1. The van der Waals surface area contributed by atoms with Gasteiger partial charge in [0.15, 0.2) is 0 Å². The number of aliphatic hydroxyl groups excluding tert-OH is 1. The Morgan fingerprint density at radius 1 is 1.19 bits per heavy atom. The molecule has 1 heterocycles. The third kappa shape index (κ3) is 5.96. The summed E-state index contributed by atoms with van der Waals surface area (Å²) in [6, 6.07) is 8.57. The monoisotopic (exact) mass is 376 g/mol. The molecule has 0 bridgehead atoms. The molecule has 150 valence electrons. The minimum Gasteiger partial charge on any atom is -0.445 e. The van der Waals surface area contributed by atoms with E-state index in [0.717, 1.165) is 31.2 Å². The summed E-state index contributed by atoms with van der Waals surface area (Å²) in [5.74, 6) is -0.185. The Kier molecular flexibility index (Phi) is 8.58. The maximum absolute atomic E-state index is 13.0. The highest BCUT2D eigenvalue weighted by Gasteiger charge is 2.43. The van der Waals surface area contributed by atoms with Crippen LogP contribution in [0.15, 0.2) is 30.3 Å². The normalized spacial score (nSPS) is 19.1. The second kappa shape index (κ2) is 10.9. The molecular weight excluding hydrogens is 344 g/mol. The van der Waals surface area contributed by atoms with Crippen molar-refractivity contribution in [1.82, 2.24) is 9.80 Å². The van der Waals surface area contributed by atoms with Crippen LogP contribution in [0, 0.1) is 0 Å². The lowest BCUT2D eigenvalue weighted by atomic mass is 10.1. The molecule has 1 aromatic rings. The summed E-state index contributed by atoms with van der Waals surface area (Å²) in [5, 5.41) is 10.3. The molecule has 27 heavy (non-hydrogen) atoms. The second-order valence-corrected chi connectivity index (χ2v) is 7.01. The van der Waals surface area contributed by atoms with Gasteiger partial charge < -0.3 is 14.7 Å². The van der Waals surface area contributed by atoms with Gasteiger partial charge in [-0.2, -0.15) is 0 Å². The van der Waals surface area contributed by atoms with Gasteiger partial charge in [-0.05, 0) is 25.3 Å². The van der Waals surface area contributed by atoms with Crippen LogP contribution in [0.25, 0.3) is 0 Å². The van der Waals surface area contributed by atoms with Crippen LogP contribution in [0.5, 0.6) is 0 Å². The topological polar surface area (TPSA) is 70.1 Å². The number of benzene rings is 1. The summed E-state index contributed by atoms with van der Waals surface area (Å²) in [6.45, 7) is 5.79. The van der Waals surface area contributed by atoms with E-state index in [2.05, 4.69) is 6.92 Å². The third-order valence-electron chi connectivity index (χ3n) is 5.03. The van der Waals surface area contributed by atoms with Gasteiger partial charge >= 0.3 is 6.09 Å². The van der Waals surface area contributed by atoms with Gasteiger partial charge in [0.2, 0.25) is 5.91 Å². The lowest BCUT2D eigenvalue weighted by molar-refractivity contribution is -0.138. The molecule has 1 saturated heterocycles. The van der Waals surface area contributed by atoms with Crippen molar-refractivity contribution in [2.24, 2.45) is 0 Å². The maximum atomic E-state index is 13.0. The molecule has 2 amide bonds. The van der Waals surface area contributed by atoms with Crippen LogP contribution < -0.4 is 0 Å². The number of nitrogens with zero attached hydrogens (tertiary/aromatic N) is 2. The average molecular weight is 376 g/mol. The van der Waals surface area contributed by atoms with Crippen LogP contribution >= 0.6 is 0 Å².